The number of fused-ring (bicyclic) bond motifs is 6. The molecule has 0 amide bonds. The monoisotopic (exact) mass is 663 g/mol. The molecule has 3 saturated carbocycles. The van der Waals surface area contributed by atoms with Gasteiger partial charge in [-0.1, -0.05) is 137 Å². The van der Waals surface area contributed by atoms with Crippen molar-refractivity contribution in [2.75, 3.05) is 4.90 Å². The summed E-state index contributed by atoms with van der Waals surface area (Å²) in [4.78, 5) is 2.62. The molecule has 0 aromatic heterocycles. The number of anilines is 3. The highest BCUT2D eigenvalue weighted by Crippen LogP contribution is 2.56. The van der Waals surface area contributed by atoms with E-state index in [9.17, 15) is 0 Å². The average molecular weight is 664 g/mol. The largest absolute Gasteiger partial charge is 0.310 e. The molecule has 0 heterocycles. The van der Waals surface area contributed by atoms with Gasteiger partial charge >= 0.3 is 0 Å². The first-order valence-electron chi connectivity index (χ1n) is 19.8. The van der Waals surface area contributed by atoms with Gasteiger partial charge < -0.3 is 4.90 Å². The maximum absolute atomic E-state index is 2.62. The summed E-state index contributed by atoms with van der Waals surface area (Å²) < 4.78 is 0. The molecule has 254 valence electrons. The summed E-state index contributed by atoms with van der Waals surface area (Å²) >= 11 is 0. The Labute approximate surface area is 304 Å². The Morgan fingerprint density at radius 1 is 0.588 bits per heavy atom. The van der Waals surface area contributed by atoms with E-state index in [0.717, 1.165) is 17.8 Å². The molecular weight excluding hydrogens is 615 g/mol. The van der Waals surface area contributed by atoms with Crippen molar-refractivity contribution in [3.63, 3.8) is 0 Å². The van der Waals surface area contributed by atoms with Crippen molar-refractivity contribution in [2.24, 2.45) is 11.8 Å². The van der Waals surface area contributed by atoms with Crippen molar-refractivity contribution in [3.05, 3.63) is 150 Å². The number of hydrogen-bond donors (Lipinski definition) is 0. The molecule has 3 unspecified atom stereocenters. The molecule has 3 fully saturated rings. The Kier molecular flexibility index (Phi) is 7.49. The molecule has 6 aromatic rings. The second-order valence-electron chi connectivity index (χ2n) is 16.7. The normalized spacial score (nSPS) is 21.9. The smallest absolute Gasteiger partial charge is 0.0542 e. The van der Waals surface area contributed by atoms with E-state index in [0.29, 0.717) is 5.92 Å². The lowest BCUT2D eigenvalue weighted by Crippen LogP contribution is -2.17. The third kappa shape index (κ3) is 5.10. The molecule has 6 aromatic carbocycles. The number of hydrogen-bond acceptors (Lipinski definition) is 1. The number of benzene rings is 6. The summed E-state index contributed by atoms with van der Waals surface area (Å²) in [6.07, 6.45) is 12.3. The molecule has 2 bridgehead atoms. The Morgan fingerprint density at radius 3 is 2.12 bits per heavy atom. The van der Waals surface area contributed by atoms with Crippen LogP contribution in [0.25, 0.3) is 33.0 Å². The SMILES string of the molecule is CC1(C)c2ccccc2-c2c(-c3ccccc3)cc(N(c3ccc(C4CC5CCC4C5)cc3)c3cccc4cccc(C5CCCCC5)c34)cc21. The minimum atomic E-state index is -0.116. The van der Waals surface area contributed by atoms with E-state index in [1.807, 2.05) is 0 Å². The van der Waals surface area contributed by atoms with Gasteiger partial charge in [-0.2, -0.15) is 0 Å². The second-order valence-corrected chi connectivity index (χ2v) is 16.7. The van der Waals surface area contributed by atoms with Gasteiger partial charge in [0, 0.05) is 22.2 Å². The zero-order valence-corrected chi connectivity index (χ0v) is 30.2. The first kappa shape index (κ1) is 31.1. The van der Waals surface area contributed by atoms with Gasteiger partial charge in [0.2, 0.25) is 0 Å². The van der Waals surface area contributed by atoms with E-state index in [1.54, 1.807) is 5.56 Å². The van der Waals surface area contributed by atoms with Crippen LogP contribution in [0.1, 0.15) is 106 Å². The summed E-state index contributed by atoms with van der Waals surface area (Å²) in [6, 6.07) is 49.2. The Hall–Kier alpha value is -4.62. The zero-order chi connectivity index (χ0) is 34.1. The highest BCUT2D eigenvalue weighted by atomic mass is 15.1. The molecule has 10 rings (SSSR count). The first-order valence-corrected chi connectivity index (χ1v) is 19.8. The predicted octanol–water partition coefficient (Wildman–Crippen LogP) is 14.2. The van der Waals surface area contributed by atoms with Gasteiger partial charge in [0.05, 0.1) is 5.69 Å². The van der Waals surface area contributed by atoms with E-state index in [-0.39, 0.29) is 5.41 Å². The second kappa shape index (κ2) is 12.3. The number of rotatable bonds is 6. The first-order chi connectivity index (χ1) is 25.0. The highest BCUT2D eigenvalue weighted by Gasteiger charge is 2.41. The summed E-state index contributed by atoms with van der Waals surface area (Å²) in [7, 11) is 0. The maximum atomic E-state index is 2.62. The molecule has 4 aliphatic rings. The fraction of sp³-hybridized carbons (Fsp3) is 0.320. The third-order valence-electron chi connectivity index (χ3n) is 13.5. The van der Waals surface area contributed by atoms with Crippen LogP contribution in [0.2, 0.25) is 0 Å². The molecule has 1 heteroatoms. The van der Waals surface area contributed by atoms with Crippen molar-refractivity contribution in [2.45, 2.75) is 88.9 Å². The Bertz CT molecular complexity index is 2230. The molecular formula is C50H49N. The average Bonchev–Trinajstić information content (AvgIpc) is 3.89. The lowest BCUT2D eigenvalue weighted by molar-refractivity contribution is 0.420. The van der Waals surface area contributed by atoms with E-state index in [2.05, 4.69) is 146 Å². The lowest BCUT2D eigenvalue weighted by atomic mass is 9.81. The van der Waals surface area contributed by atoms with E-state index in [4.69, 9.17) is 0 Å². The lowest BCUT2D eigenvalue weighted by Gasteiger charge is -2.32. The van der Waals surface area contributed by atoms with Crippen LogP contribution >= 0.6 is 0 Å². The van der Waals surface area contributed by atoms with Gasteiger partial charge in [-0.15, -0.1) is 0 Å². The van der Waals surface area contributed by atoms with Gasteiger partial charge in [0.25, 0.3) is 0 Å². The van der Waals surface area contributed by atoms with Crippen LogP contribution in [0.5, 0.6) is 0 Å². The van der Waals surface area contributed by atoms with E-state index >= 15 is 0 Å². The maximum Gasteiger partial charge on any atom is 0.0542 e. The number of nitrogens with zero attached hydrogens (tertiary/aromatic N) is 1. The van der Waals surface area contributed by atoms with Crippen LogP contribution < -0.4 is 4.90 Å². The Morgan fingerprint density at radius 2 is 1.35 bits per heavy atom. The van der Waals surface area contributed by atoms with Gasteiger partial charge in [-0.25, -0.2) is 0 Å². The van der Waals surface area contributed by atoms with Crippen LogP contribution in [-0.4, -0.2) is 0 Å². The molecule has 0 saturated heterocycles. The van der Waals surface area contributed by atoms with Crippen molar-refractivity contribution in [1.82, 2.24) is 0 Å². The minimum Gasteiger partial charge on any atom is -0.310 e. The molecule has 0 aliphatic heterocycles. The highest BCUT2D eigenvalue weighted by molar-refractivity contribution is 6.03. The third-order valence-corrected chi connectivity index (χ3v) is 13.5. The Balaban J connectivity index is 1.22. The minimum absolute atomic E-state index is 0.116. The van der Waals surface area contributed by atoms with Crippen LogP contribution in [0, 0.1) is 11.8 Å². The van der Waals surface area contributed by atoms with Crippen molar-refractivity contribution in [1.29, 1.82) is 0 Å². The van der Waals surface area contributed by atoms with E-state index in [1.165, 1.54) is 125 Å². The zero-order valence-electron chi connectivity index (χ0n) is 30.2. The molecule has 0 N–H and O–H groups in total. The molecule has 0 radical (unpaired) electrons. The predicted molar refractivity (Wildman–Crippen MR) is 216 cm³/mol. The van der Waals surface area contributed by atoms with Crippen molar-refractivity contribution < 1.29 is 0 Å². The van der Waals surface area contributed by atoms with Crippen LogP contribution in [0.3, 0.4) is 0 Å². The quantitative estimate of drug-likeness (QED) is 0.171. The molecule has 51 heavy (non-hydrogen) atoms. The molecule has 3 atom stereocenters. The summed E-state index contributed by atoms with van der Waals surface area (Å²) in [5.41, 5.74) is 14.9. The van der Waals surface area contributed by atoms with Gasteiger partial charge in [0.1, 0.15) is 0 Å². The van der Waals surface area contributed by atoms with E-state index < -0.39 is 0 Å². The topological polar surface area (TPSA) is 3.24 Å². The standard InChI is InChI=1S/C50H49N/c1-50(2)45-21-10-9-19-42(45)49-44(35-15-7-4-8-16-35)31-40(32-46(49)50)51(39-27-25-36(26-28-39)43-30-33-23-24-38(43)29-33)47-22-12-18-37-17-11-20-41(48(37)47)34-13-5-3-6-14-34/h4,7-12,15-22,25-28,31-34,38,43H,3,5-6,13-14,23-24,29-30H2,1-2H3. The van der Waals surface area contributed by atoms with Crippen LogP contribution in [-0.2, 0) is 5.41 Å². The fourth-order valence-corrected chi connectivity index (χ4v) is 11.0. The van der Waals surface area contributed by atoms with Crippen molar-refractivity contribution >= 4 is 27.8 Å². The van der Waals surface area contributed by atoms with Gasteiger partial charge in [-0.05, 0) is 136 Å². The fourth-order valence-electron chi connectivity index (χ4n) is 11.0. The molecule has 4 aliphatic carbocycles. The van der Waals surface area contributed by atoms with Gasteiger partial charge in [0.15, 0.2) is 0 Å². The van der Waals surface area contributed by atoms with Crippen LogP contribution in [0.4, 0.5) is 17.1 Å². The van der Waals surface area contributed by atoms with Crippen LogP contribution in [0.15, 0.2) is 127 Å². The van der Waals surface area contributed by atoms with Gasteiger partial charge in [-0.3, -0.25) is 0 Å². The molecule has 0 spiro atoms. The summed E-state index contributed by atoms with van der Waals surface area (Å²) in [5, 5.41) is 2.77. The van der Waals surface area contributed by atoms with Crippen molar-refractivity contribution in [3.8, 4) is 22.3 Å². The summed E-state index contributed by atoms with van der Waals surface area (Å²) in [6.45, 7) is 4.84. The summed E-state index contributed by atoms with van der Waals surface area (Å²) in [5.74, 6) is 3.16. The molecule has 1 nitrogen and oxygen atoms in total.